The van der Waals surface area contributed by atoms with E-state index < -0.39 is 0 Å². The van der Waals surface area contributed by atoms with E-state index >= 15 is 0 Å². The van der Waals surface area contributed by atoms with Crippen molar-refractivity contribution in [2.24, 2.45) is 0 Å². The fraction of sp³-hybridized carbons (Fsp3) is 0.542. The van der Waals surface area contributed by atoms with Crippen molar-refractivity contribution in [2.45, 2.75) is 31.9 Å². The van der Waals surface area contributed by atoms with Crippen LogP contribution in [0.15, 0.2) is 24.3 Å². The molecule has 1 aromatic carbocycles. The molecule has 3 aliphatic heterocycles. The first-order valence-corrected chi connectivity index (χ1v) is 11.9. The van der Waals surface area contributed by atoms with Gasteiger partial charge in [-0.2, -0.15) is 4.98 Å². The molecule has 2 fully saturated rings. The molecule has 0 radical (unpaired) electrons. The lowest BCUT2D eigenvalue weighted by Gasteiger charge is -2.33. The number of ether oxygens (including phenoxy) is 1. The van der Waals surface area contributed by atoms with E-state index in [-0.39, 0.29) is 30.6 Å². The molecule has 3 aliphatic rings. The average Bonchev–Trinajstić information content (AvgIpc) is 2.84. The highest BCUT2D eigenvalue weighted by molar-refractivity contribution is 5.85. The average molecular weight is 488 g/mol. The number of carbonyl (C=O) groups is 1. The number of carbonyl (C=O) groups excluding carboxylic acids is 1. The van der Waals surface area contributed by atoms with E-state index in [1.165, 1.54) is 5.56 Å². The third-order valence-corrected chi connectivity index (χ3v) is 6.88. The molecular weight excluding hydrogens is 454 g/mol. The van der Waals surface area contributed by atoms with Gasteiger partial charge in [0.2, 0.25) is 5.95 Å². The standard InChI is InChI=1S/C24H33N7O2.ClH/c1-29-10-12-30(13-11-29)22-15-21(27-23(25)28-22)18-3-2-17-6-9-31(16-19(17)14-18)24(32)33-20-4-7-26-8-5-20;/h2-3,14-15,20,26H,4-13,16H2,1H3,(H2,25,27,28);1H. The topological polar surface area (TPSA) is 99.8 Å². The number of aromatic nitrogens is 2. The van der Waals surface area contributed by atoms with E-state index in [1.807, 2.05) is 11.0 Å². The lowest BCUT2D eigenvalue weighted by Crippen LogP contribution is -2.44. The molecule has 184 valence electrons. The molecular formula is C24H34ClN7O2. The summed E-state index contributed by atoms with van der Waals surface area (Å²) >= 11 is 0. The van der Waals surface area contributed by atoms with Crippen LogP contribution in [0.5, 0.6) is 0 Å². The summed E-state index contributed by atoms with van der Waals surface area (Å²) in [5, 5.41) is 3.30. The Morgan fingerprint density at radius 2 is 1.82 bits per heavy atom. The fourth-order valence-electron chi connectivity index (χ4n) is 4.80. The van der Waals surface area contributed by atoms with Crippen LogP contribution in [0.3, 0.4) is 0 Å². The summed E-state index contributed by atoms with van der Waals surface area (Å²) in [6.45, 7) is 6.89. The minimum Gasteiger partial charge on any atom is -0.446 e. The van der Waals surface area contributed by atoms with E-state index in [2.05, 4.69) is 50.3 Å². The maximum atomic E-state index is 12.8. The first-order chi connectivity index (χ1) is 16.0. The third kappa shape index (κ3) is 5.54. The summed E-state index contributed by atoms with van der Waals surface area (Å²) in [5.41, 5.74) is 10.3. The Morgan fingerprint density at radius 3 is 2.59 bits per heavy atom. The summed E-state index contributed by atoms with van der Waals surface area (Å²) in [6, 6.07) is 8.40. The van der Waals surface area contributed by atoms with Crippen LogP contribution in [-0.4, -0.2) is 84.8 Å². The van der Waals surface area contributed by atoms with Gasteiger partial charge in [-0.1, -0.05) is 12.1 Å². The number of hydrogen-bond acceptors (Lipinski definition) is 8. The largest absolute Gasteiger partial charge is 0.446 e. The Bertz CT molecular complexity index is 1010. The molecule has 9 nitrogen and oxygen atoms in total. The zero-order valence-electron chi connectivity index (χ0n) is 19.7. The number of nitrogen functional groups attached to an aromatic ring is 1. The molecule has 0 atom stereocenters. The number of hydrogen-bond donors (Lipinski definition) is 2. The Labute approximate surface area is 207 Å². The summed E-state index contributed by atoms with van der Waals surface area (Å²) in [7, 11) is 2.13. The maximum absolute atomic E-state index is 12.8. The van der Waals surface area contributed by atoms with Crippen molar-refractivity contribution in [1.29, 1.82) is 0 Å². The number of piperidine rings is 1. The fourth-order valence-corrected chi connectivity index (χ4v) is 4.80. The Morgan fingerprint density at radius 1 is 1.06 bits per heavy atom. The third-order valence-electron chi connectivity index (χ3n) is 6.88. The second-order valence-electron chi connectivity index (χ2n) is 9.25. The summed E-state index contributed by atoms with van der Waals surface area (Å²) in [6.07, 6.45) is 2.40. The van der Waals surface area contributed by atoms with Crippen molar-refractivity contribution >= 4 is 30.3 Å². The van der Waals surface area contributed by atoms with E-state index in [9.17, 15) is 4.79 Å². The molecule has 5 rings (SSSR count). The molecule has 2 saturated heterocycles. The van der Waals surface area contributed by atoms with Crippen molar-refractivity contribution in [3.63, 3.8) is 0 Å². The monoisotopic (exact) mass is 487 g/mol. The molecule has 0 spiro atoms. The van der Waals surface area contributed by atoms with Gasteiger partial charge < -0.3 is 30.5 Å². The van der Waals surface area contributed by atoms with Crippen molar-refractivity contribution in [2.75, 3.05) is 63.5 Å². The number of piperazine rings is 1. The van der Waals surface area contributed by atoms with Crippen LogP contribution in [0, 0.1) is 0 Å². The number of fused-ring (bicyclic) bond motifs is 1. The van der Waals surface area contributed by atoms with Crippen molar-refractivity contribution < 1.29 is 9.53 Å². The molecule has 0 aliphatic carbocycles. The van der Waals surface area contributed by atoms with Gasteiger partial charge in [-0.25, -0.2) is 9.78 Å². The molecule has 4 heterocycles. The van der Waals surface area contributed by atoms with Crippen LogP contribution in [0.2, 0.25) is 0 Å². The molecule has 0 bridgehead atoms. The van der Waals surface area contributed by atoms with E-state index in [1.54, 1.807) is 0 Å². The normalized spacial score (nSPS) is 19.3. The maximum Gasteiger partial charge on any atom is 0.410 e. The van der Waals surface area contributed by atoms with E-state index in [0.717, 1.165) is 81.2 Å². The van der Waals surface area contributed by atoms with Crippen LogP contribution in [0.1, 0.15) is 24.0 Å². The number of nitrogens with zero attached hydrogens (tertiary/aromatic N) is 5. The Kier molecular flexibility index (Phi) is 7.75. The summed E-state index contributed by atoms with van der Waals surface area (Å²) in [4.78, 5) is 28.1. The molecule has 10 heteroatoms. The summed E-state index contributed by atoms with van der Waals surface area (Å²) < 4.78 is 5.77. The van der Waals surface area contributed by atoms with Gasteiger partial charge in [-0.3, -0.25) is 0 Å². The molecule has 0 saturated carbocycles. The van der Waals surface area contributed by atoms with Gasteiger partial charge in [-0.05, 0) is 56.6 Å². The highest BCUT2D eigenvalue weighted by atomic mass is 35.5. The minimum absolute atomic E-state index is 0. The molecule has 2 aromatic rings. The lowest BCUT2D eigenvalue weighted by molar-refractivity contribution is 0.0460. The van der Waals surface area contributed by atoms with Gasteiger partial charge >= 0.3 is 6.09 Å². The number of amides is 1. The lowest BCUT2D eigenvalue weighted by atomic mass is 9.96. The number of halogens is 1. The Balaban J connectivity index is 0.00000274. The van der Waals surface area contributed by atoms with Gasteiger partial charge in [0, 0.05) is 50.9 Å². The quantitative estimate of drug-likeness (QED) is 0.679. The Hall–Kier alpha value is -2.62. The number of anilines is 2. The molecule has 1 aromatic heterocycles. The molecule has 3 N–H and O–H groups in total. The van der Waals surface area contributed by atoms with Crippen LogP contribution < -0.4 is 16.0 Å². The predicted molar refractivity (Wildman–Crippen MR) is 135 cm³/mol. The van der Waals surface area contributed by atoms with E-state index in [0.29, 0.717) is 13.1 Å². The van der Waals surface area contributed by atoms with Crippen LogP contribution >= 0.6 is 12.4 Å². The number of rotatable bonds is 3. The molecule has 34 heavy (non-hydrogen) atoms. The number of likely N-dealkylation sites (N-methyl/N-ethyl adjacent to an activating group) is 1. The second kappa shape index (κ2) is 10.8. The smallest absolute Gasteiger partial charge is 0.410 e. The molecule has 0 unspecified atom stereocenters. The van der Waals surface area contributed by atoms with Crippen molar-refractivity contribution in [3.05, 3.63) is 35.4 Å². The van der Waals surface area contributed by atoms with Gasteiger partial charge in [-0.15, -0.1) is 12.4 Å². The SMILES string of the molecule is CN1CCN(c2cc(-c3ccc4c(c3)CN(C(=O)OC3CCNCC3)CC4)nc(N)n2)CC1.Cl. The van der Waals surface area contributed by atoms with Gasteiger partial charge in [0.1, 0.15) is 11.9 Å². The van der Waals surface area contributed by atoms with Gasteiger partial charge in [0.15, 0.2) is 0 Å². The highest BCUT2D eigenvalue weighted by Gasteiger charge is 2.26. The number of nitrogens with two attached hydrogens (primary N) is 1. The van der Waals surface area contributed by atoms with Crippen molar-refractivity contribution in [3.8, 4) is 11.3 Å². The van der Waals surface area contributed by atoms with Gasteiger partial charge in [0.05, 0.1) is 5.69 Å². The number of benzene rings is 1. The highest BCUT2D eigenvalue weighted by Crippen LogP contribution is 2.28. The first-order valence-electron chi connectivity index (χ1n) is 11.9. The zero-order chi connectivity index (χ0) is 22.8. The zero-order valence-corrected chi connectivity index (χ0v) is 20.5. The van der Waals surface area contributed by atoms with Crippen LogP contribution in [-0.2, 0) is 17.7 Å². The summed E-state index contributed by atoms with van der Waals surface area (Å²) in [5.74, 6) is 1.15. The minimum atomic E-state index is -0.207. The first kappa shape index (κ1) is 24.5. The van der Waals surface area contributed by atoms with Gasteiger partial charge in [0.25, 0.3) is 0 Å². The van der Waals surface area contributed by atoms with E-state index in [4.69, 9.17) is 10.5 Å². The van der Waals surface area contributed by atoms with Crippen LogP contribution in [0.4, 0.5) is 16.6 Å². The van der Waals surface area contributed by atoms with Crippen molar-refractivity contribution in [1.82, 2.24) is 25.1 Å². The molecule has 1 amide bonds. The van der Waals surface area contributed by atoms with Crippen LogP contribution in [0.25, 0.3) is 11.3 Å². The predicted octanol–water partition coefficient (Wildman–Crippen LogP) is 2.15. The second-order valence-corrected chi connectivity index (χ2v) is 9.25. The number of nitrogens with one attached hydrogen (secondary N) is 1.